The van der Waals surface area contributed by atoms with Gasteiger partial charge in [0.2, 0.25) is 0 Å². The van der Waals surface area contributed by atoms with Crippen molar-refractivity contribution in [2.75, 3.05) is 6.54 Å². The number of nitrogens with zero attached hydrogens (tertiary/aromatic N) is 1. The summed E-state index contributed by atoms with van der Waals surface area (Å²) in [5.41, 5.74) is 6.17. The van der Waals surface area contributed by atoms with E-state index in [0.29, 0.717) is 5.41 Å². The minimum Gasteiger partial charge on any atom is -0.387 e. The van der Waals surface area contributed by atoms with E-state index in [1.54, 1.807) is 0 Å². The van der Waals surface area contributed by atoms with E-state index in [1.807, 2.05) is 6.92 Å². The first-order valence-electron chi connectivity index (χ1n) is 4.89. The highest BCUT2D eigenvalue weighted by Gasteiger charge is 2.44. The Labute approximate surface area is 75.3 Å². The van der Waals surface area contributed by atoms with Crippen molar-refractivity contribution in [1.82, 2.24) is 0 Å². The molecule has 0 heterocycles. The topological polar surface area (TPSA) is 38.4 Å². The predicted octanol–water partition coefficient (Wildman–Crippen LogP) is 2.19. The molecule has 0 unspecified atom stereocenters. The van der Waals surface area contributed by atoms with Gasteiger partial charge in [-0.1, -0.05) is 20.8 Å². The predicted molar refractivity (Wildman–Crippen MR) is 53.3 cm³/mol. The molecule has 0 aliphatic heterocycles. The first-order valence-corrected chi connectivity index (χ1v) is 4.89. The highest BCUT2D eigenvalue weighted by atomic mass is 14.9. The second kappa shape index (κ2) is 3.46. The van der Waals surface area contributed by atoms with Crippen molar-refractivity contribution < 1.29 is 0 Å². The average molecular weight is 168 g/mol. The van der Waals surface area contributed by atoms with E-state index in [2.05, 4.69) is 18.8 Å². The van der Waals surface area contributed by atoms with Crippen molar-refractivity contribution in [2.24, 2.45) is 22.1 Å². The summed E-state index contributed by atoms with van der Waals surface area (Å²) in [6.45, 7) is 7.56. The van der Waals surface area contributed by atoms with Gasteiger partial charge in [0.15, 0.2) is 0 Å². The summed E-state index contributed by atoms with van der Waals surface area (Å²) in [6.07, 6.45) is 3.56. The molecule has 0 aromatic rings. The van der Waals surface area contributed by atoms with Crippen molar-refractivity contribution in [3.05, 3.63) is 0 Å². The van der Waals surface area contributed by atoms with Gasteiger partial charge in [0, 0.05) is 13.0 Å². The molecule has 1 rings (SSSR count). The molecule has 1 saturated carbocycles. The standard InChI is InChI=1S/C10H20N2/c1-4-9(11)12-7-10(5-6-10)8(2)3/h8H,4-7H2,1-3H3,(H2,11,12). The number of amidine groups is 1. The van der Waals surface area contributed by atoms with Gasteiger partial charge in [-0.15, -0.1) is 0 Å². The third kappa shape index (κ3) is 1.99. The second-order valence-corrected chi connectivity index (χ2v) is 4.18. The lowest BCUT2D eigenvalue weighted by molar-refractivity contribution is 0.371. The Hall–Kier alpha value is -0.530. The van der Waals surface area contributed by atoms with E-state index in [4.69, 9.17) is 5.73 Å². The molecule has 70 valence electrons. The maximum Gasteiger partial charge on any atom is 0.0934 e. The molecule has 2 heteroatoms. The van der Waals surface area contributed by atoms with E-state index in [0.717, 1.165) is 24.7 Å². The van der Waals surface area contributed by atoms with Crippen LogP contribution in [-0.2, 0) is 0 Å². The zero-order valence-corrected chi connectivity index (χ0v) is 8.43. The molecule has 0 spiro atoms. The molecular formula is C10H20N2. The van der Waals surface area contributed by atoms with Crippen molar-refractivity contribution >= 4 is 5.84 Å². The SMILES string of the molecule is CCC(N)=NCC1(C(C)C)CC1. The minimum absolute atomic E-state index is 0.514. The van der Waals surface area contributed by atoms with Crippen LogP contribution in [-0.4, -0.2) is 12.4 Å². The maximum absolute atomic E-state index is 5.66. The summed E-state index contributed by atoms with van der Waals surface area (Å²) in [7, 11) is 0. The molecule has 0 amide bonds. The quantitative estimate of drug-likeness (QED) is 0.507. The fraction of sp³-hybridized carbons (Fsp3) is 0.900. The van der Waals surface area contributed by atoms with Gasteiger partial charge >= 0.3 is 0 Å². The zero-order valence-electron chi connectivity index (χ0n) is 8.43. The van der Waals surface area contributed by atoms with Crippen LogP contribution >= 0.6 is 0 Å². The molecule has 0 aromatic carbocycles. The first-order chi connectivity index (χ1) is 5.60. The Bertz CT molecular complexity index is 178. The van der Waals surface area contributed by atoms with Crippen LogP contribution in [0.15, 0.2) is 4.99 Å². The molecule has 0 radical (unpaired) electrons. The lowest BCUT2D eigenvalue weighted by Crippen LogP contribution is -2.17. The normalized spacial score (nSPS) is 21.5. The third-order valence-electron chi connectivity index (χ3n) is 3.08. The highest BCUT2D eigenvalue weighted by Crippen LogP contribution is 2.51. The maximum atomic E-state index is 5.66. The Morgan fingerprint density at radius 1 is 1.50 bits per heavy atom. The summed E-state index contributed by atoms with van der Waals surface area (Å²) >= 11 is 0. The Kier molecular flexibility index (Phi) is 2.76. The lowest BCUT2D eigenvalue weighted by atomic mass is 9.93. The lowest BCUT2D eigenvalue weighted by Gasteiger charge is -2.16. The van der Waals surface area contributed by atoms with E-state index < -0.39 is 0 Å². The highest BCUT2D eigenvalue weighted by molar-refractivity contribution is 5.79. The molecule has 0 saturated heterocycles. The van der Waals surface area contributed by atoms with Crippen LogP contribution in [0.2, 0.25) is 0 Å². The largest absolute Gasteiger partial charge is 0.387 e. The molecule has 2 nitrogen and oxygen atoms in total. The van der Waals surface area contributed by atoms with Crippen LogP contribution in [0.25, 0.3) is 0 Å². The van der Waals surface area contributed by atoms with Gasteiger partial charge < -0.3 is 5.73 Å². The van der Waals surface area contributed by atoms with Crippen molar-refractivity contribution in [1.29, 1.82) is 0 Å². The van der Waals surface area contributed by atoms with Crippen LogP contribution < -0.4 is 5.73 Å². The van der Waals surface area contributed by atoms with Crippen LogP contribution in [0.3, 0.4) is 0 Å². The first kappa shape index (κ1) is 9.56. The van der Waals surface area contributed by atoms with Crippen LogP contribution in [0.4, 0.5) is 0 Å². The summed E-state index contributed by atoms with van der Waals surface area (Å²) in [5, 5.41) is 0. The Morgan fingerprint density at radius 3 is 2.42 bits per heavy atom. The summed E-state index contributed by atoms with van der Waals surface area (Å²) < 4.78 is 0. The van der Waals surface area contributed by atoms with Crippen LogP contribution in [0.5, 0.6) is 0 Å². The fourth-order valence-corrected chi connectivity index (χ4v) is 1.45. The molecule has 2 N–H and O–H groups in total. The Balaban J connectivity index is 2.41. The monoisotopic (exact) mass is 168 g/mol. The fourth-order valence-electron chi connectivity index (χ4n) is 1.45. The summed E-state index contributed by atoms with van der Waals surface area (Å²) in [6, 6.07) is 0. The van der Waals surface area contributed by atoms with Crippen molar-refractivity contribution in [3.63, 3.8) is 0 Å². The minimum atomic E-state index is 0.514. The molecule has 1 aliphatic rings. The van der Waals surface area contributed by atoms with E-state index in [9.17, 15) is 0 Å². The van der Waals surface area contributed by atoms with Crippen molar-refractivity contribution in [3.8, 4) is 0 Å². The summed E-state index contributed by atoms with van der Waals surface area (Å²) in [4.78, 5) is 4.39. The van der Waals surface area contributed by atoms with Gasteiger partial charge in [0.05, 0.1) is 5.84 Å². The molecule has 0 bridgehead atoms. The number of hydrogen-bond donors (Lipinski definition) is 1. The van der Waals surface area contributed by atoms with E-state index in [1.165, 1.54) is 12.8 Å². The zero-order chi connectivity index (χ0) is 9.19. The number of rotatable bonds is 4. The molecule has 1 fully saturated rings. The molecule has 1 aliphatic carbocycles. The number of aliphatic imine (C=N–C) groups is 1. The Morgan fingerprint density at radius 2 is 2.08 bits per heavy atom. The second-order valence-electron chi connectivity index (χ2n) is 4.18. The van der Waals surface area contributed by atoms with Gasteiger partial charge in [-0.2, -0.15) is 0 Å². The molecule has 12 heavy (non-hydrogen) atoms. The van der Waals surface area contributed by atoms with Crippen LogP contribution in [0.1, 0.15) is 40.0 Å². The van der Waals surface area contributed by atoms with Crippen molar-refractivity contribution in [2.45, 2.75) is 40.0 Å². The van der Waals surface area contributed by atoms with Gasteiger partial charge in [-0.3, -0.25) is 4.99 Å². The third-order valence-corrected chi connectivity index (χ3v) is 3.08. The van der Waals surface area contributed by atoms with Gasteiger partial charge in [-0.05, 0) is 24.2 Å². The van der Waals surface area contributed by atoms with E-state index in [-0.39, 0.29) is 0 Å². The molecule has 0 atom stereocenters. The number of hydrogen-bond acceptors (Lipinski definition) is 1. The van der Waals surface area contributed by atoms with Gasteiger partial charge in [0.1, 0.15) is 0 Å². The van der Waals surface area contributed by atoms with Gasteiger partial charge in [-0.25, -0.2) is 0 Å². The van der Waals surface area contributed by atoms with E-state index >= 15 is 0 Å². The average Bonchev–Trinajstić information content (AvgIpc) is 2.81. The van der Waals surface area contributed by atoms with Gasteiger partial charge in [0.25, 0.3) is 0 Å². The number of nitrogens with two attached hydrogens (primary N) is 1. The molecule has 0 aromatic heterocycles. The smallest absolute Gasteiger partial charge is 0.0934 e. The summed E-state index contributed by atoms with van der Waals surface area (Å²) in [5.74, 6) is 1.56. The molecular weight excluding hydrogens is 148 g/mol. The van der Waals surface area contributed by atoms with Crippen LogP contribution in [0, 0.1) is 11.3 Å².